The quantitative estimate of drug-likeness (QED) is 0.853. The fourth-order valence-corrected chi connectivity index (χ4v) is 3.01. The first-order chi connectivity index (χ1) is 7.29. The molecule has 0 saturated heterocycles. The molecule has 0 spiro atoms. The van der Waals surface area contributed by atoms with Crippen LogP contribution < -0.4 is 0 Å². The first-order valence-corrected chi connectivity index (χ1v) is 6.32. The van der Waals surface area contributed by atoms with Gasteiger partial charge in [-0.25, -0.2) is 4.98 Å². The Kier molecular flexibility index (Phi) is 3.36. The zero-order valence-corrected chi connectivity index (χ0v) is 10.6. The topological polar surface area (TPSA) is 49.6 Å². The lowest BCUT2D eigenvalue weighted by atomic mass is 10.2. The predicted molar refractivity (Wildman–Crippen MR) is 62.9 cm³/mol. The van der Waals surface area contributed by atoms with E-state index in [2.05, 4.69) is 31.4 Å². The van der Waals surface area contributed by atoms with Crippen LogP contribution in [0.5, 0.6) is 0 Å². The number of hydrogen-bond donors (Lipinski definition) is 0. The minimum atomic E-state index is 0.651. The third-order valence-corrected chi connectivity index (χ3v) is 3.87. The highest BCUT2D eigenvalue weighted by atomic mass is 79.9. The molecular weight excluding hydrogens is 294 g/mol. The van der Waals surface area contributed by atoms with Gasteiger partial charge in [0.2, 0.25) is 0 Å². The Bertz CT molecular complexity index is 505. The SMILES string of the molecule is N#Cc1ccc(Br)cc1Sc1ncns1. The first-order valence-electron chi connectivity index (χ1n) is 3.94. The normalized spacial score (nSPS) is 9.87. The minimum Gasteiger partial charge on any atom is -0.216 e. The second kappa shape index (κ2) is 4.75. The van der Waals surface area contributed by atoms with Crippen LogP contribution in [0, 0.1) is 11.3 Å². The molecule has 1 heterocycles. The van der Waals surface area contributed by atoms with Crippen LogP contribution in [0.15, 0.2) is 38.2 Å². The third kappa shape index (κ3) is 2.56. The molecule has 1 aromatic carbocycles. The largest absolute Gasteiger partial charge is 0.216 e. The maximum atomic E-state index is 8.93. The maximum Gasteiger partial charge on any atom is 0.174 e. The molecule has 0 N–H and O–H groups in total. The Labute approximate surface area is 103 Å². The second-order valence-electron chi connectivity index (χ2n) is 2.56. The van der Waals surface area contributed by atoms with Crippen molar-refractivity contribution in [2.24, 2.45) is 0 Å². The van der Waals surface area contributed by atoms with E-state index in [1.807, 2.05) is 12.1 Å². The molecule has 0 bridgehead atoms. The Morgan fingerprint density at radius 2 is 2.33 bits per heavy atom. The summed E-state index contributed by atoms with van der Waals surface area (Å²) in [5.74, 6) is 0. The molecule has 2 aromatic rings. The molecule has 6 heteroatoms. The van der Waals surface area contributed by atoms with Gasteiger partial charge < -0.3 is 0 Å². The fraction of sp³-hybridized carbons (Fsp3) is 0. The van der Waals surface area contributed by atoms with Crippen LogP contribution in [0.2, 0.25) is 0 Å². The van der Waals surface area contributed by atoms with E-state index < -0.39 is 0 Å². The highest BCUT2D eigenvalue weighted by molar-refractivity contribution is 9.10. The number of benzene rings is 1. The number of nitrogens with zero attached hydrogens (tertiary/aromatic N) is 3. The molecule has 0 radical (unpaired) electrons. The molecule has 2 rings (SSSR count). The van der Waals surface area contributed by atoms with Gasteiger partial charge >= 0.3 is 0 Å². The first kappa shape index (κ1) is 10.6. The summed E-state index contributed by atoms with van der Waals surface area (Å²) in [6.07, 6.45) is 1.51. The second-order valence-corrected chi connectivity index (χ2v) is 5.55. The van der Waals surface area contributed by atoms with E-state index in [9.17, 15) is 0 Å². The van der Waals surface area contributed by atoms with Crippen LogP contribution in [-0.2, 0) is 0 Å². The Balaban J connectivity index is 2.35. The van der Waals surface area contributed by atoms with Crippen LogP contribution in [-0.4, -0.2) is 9.36 Å². The minimum absolute atomic E-state index is 0.651. The van der Waals surface area contributed by atoms with Crippen LogP contribution in [0.3, 0.4) is 0 Å². The van der Waals surface area contributed by atoms with Crippen molar-refractivity contribution in [1.29, 1.82) is 5.26 Å². The van der Waals surface area contributed by atoms with Crippen molar-refractivity contribution >= 4 is 39.2 Å². The zero-order chi connectivity index (χ0) is 10.7. The number of halogens is 1. The van der Waals surface area contributed by atoms with Gasteiger partial charge in [-0.2, -0.15) is 9.64 Å². The molecule has 15 heavy (non-hydrogen) atoms. The van der Waals surface area contributed by atoms with Crippen molar-refractivity contribution in [3.63, 3.8) is 0 Å². The molecule has 0 aliphatic carbocycles. The van der Waals surface area contributed by atoms with Gasteiger partial charge in [-0.1, -0.05) is 27.7 Å². The van der Waals surface area contributed by atoms with Crippen LogP contribution in [0.1, 0.15) is 5.56 Å². The van der Waals surface area contributed by atoms with Gasteiger partial charge in [-0.3, -0.25) is 0 Å². The fourth-order valence-electron chi connectivity index (χ4n) is 0.975. The van der Waals surface area contributed by atoms with E-state index in [0.29, 0.717) is 5.56 Å². The van der Waals surface area contributed by atoms with Gasteiger partial charge in [0.15, 0.2) is 4.34 Å². The lowest BCUT2D eigenvalue weighted by Gasteiger charge is -2.00. The van der Waals surface area contributed by atoms with Crippen molar-refractivity contribution in [2.45, 2.75) is 9.24 Å². The molecule has 0 fully saturated rings. The van der Waals surface area contributed by atoms with E-state index in [1.54, 1.807) is 6.07 Å². The van der Waals surface area contributed by atoms with E-state index in [0.717, 1.165) is 13.7 Å². The van der Waals surface area contributed by atoms with Gasteiger partial charge in [-0.15, -0.1) is 0 Å². The highest BCUT2D eigenvalue weighted by Crippen LogP contribution is 2.32. The summed E-state index contributed by atoms with van der Waals surface area (Å²) in [6.45, 7) is 0. The number of hydrogen-bond acceptors (Lipinski definition) is 5. The van der Waals surface area contributed by atoms with Gasteiger partial charge in [0.25, 0.3) is 0 Å². The average molecular weight is 298 g/mol. The maximum absolute atomic E-state index is 8.93. The highest BCUT2D eigenvalue weighted by Gasteiger charge is 2.06. The zero-order valence-electron chi connectivity index (χ0n) is 7.35. The van der Waals surface area contributed by atoms with Crippen LogP contribution >= 0.6 is 39.2 Å². The van der Waals surface area contributed by atoms with E-state index in [-0.39, 0.29) is 0 Å². The Morgan fingerprint density at radius 1 is 1.47 bits per heavy atom. The van der Waals surface area contributed by atoms with E-state index >= 15 is 0 Å². The summed E-state index contributed by atoms with van der Waals surface area (Å²) >= 11 is 6.15. The molecule has 74 valence electrons. The molecule has 3 nitrogen and oxygen atoms in total. The number of aromatic nitrogens is 2. The molecule has 1 aromatic heterocycles. The van der Waals surface area contributed by atoms with Gasteiger partial charge in [-0.05, 0) is 29.7 Å². The van der Waals surface area contributed by atoms with Crippen molar-refractivity contribution < 1.29 is 0 Å². The van der Waals surface area contributed by atoms with Gasteiger partial charge in [0.1, 0.15) is 12.4 Å². The molecule has 0 unspecified atom stereocenters. The molecule has 0 amide bonds. The summed E-state index contributed by atoms with van der Waals surface area (Å²) in [5, 5.41) is 8.93. The summed E-state index contributed by atoms with van der Waals surface area (Å²) in [7, 11) is 0. The van der Waals surface area contributed by atoms with Gasteiger partial charge in [0, 0.05) is 9.37 Å². The summed E-state index contributed by atoms with van der Waals surface area (Å²) in [5.41, 5.74) is 0.651. The van der Waals surface area contributed by atoms with Crippen molar-refractivity contribution in [1.82, 2.24) is 9.36 Å². The molecule has 0 atom stereocenters. The van der Waals surface area contributed by atoms with Gasteiger partial charge in [0.05, 0.1) is 5.56 Å². The predicted octanol–water partition coefficient (Wildman–Crippen LogP) is 3.32. The molecule has 0 aliphatic rings. The standard InChI is InChI=1S/C9H4BrN3S2/c10-7-2-1-6(4-11)8(3-7)14-9-12-5-13-15-9/h1-3,5H. The molecule has 0 aliphatic heterocycles. The Hall–Kier alpha value is -0.900. The summed E-state index contributed by atoms with van der Waals surface area (Å²) < 4.78 is 5.70. The molecule has 0 saturated carbocycles. The lowest BCUT2D eigenvalue weighted by molar-refractivity contribution is 1.21. The number of rotatable bonds is 2. The Morgan fingerprint density at radius 3 is 3.00 bits per heavy atom. The smallest absolute Gasteiger partial charge is 0.174 e. The summed E-state index contributed by atoms with van der Waals surface area (Å²) in [6, 6.07) is 7.69. The van der Waals surface area contributed by atoms with Crippen LogP contribution in [0.25, 0.3) is 0 Å². The average Bonchev–Trinajstić information content (AvgIpc) is 2.71. The lowest BCUT2D eigenvalue weighted by Crippen LogP contribution is -1.80. The summed E-state index contributed by atoms with van der Waals surface area (Å²) in [4.78, 5) is 4.95. The number of nitriles is 1. The monoisotopic (exact) mass is 297 g/mol. The van der Waals surface area contributed by atoms with Crippen molar-refractivity contribution in [3.05, 3.63) is 34.6 Å². The van der Waals surface area contributed by atoms with Crippen molar-refractivity contribution in [2.75, 3.05) is 0 Å². The van der Waals surface area contributed by atoms with E-state index in [4.69, 9.17) is 5.26 Å². The van der Waals surface area contributed by atoms with Crippen molar-refractivity contribution in [3.8, 4) is 6.07 Å². The third-order valence-electron chi connectivity index (χ3n) is 1.60. The van der Waals surface area contributed by atoms with Crippen LogP contribution in [0.4, 0.5) is 0 Å². The van der Waals surface area contributed by atoms with E-state index in [1.165, 1.54) is 29.6 Å². The molecular formula is C9H4BrN3S2.